The smallest absolute Gasteiger partial charge is 0.305 e. The van der Waals surface area contributed by atoms with Crippen LogP contribution in [0.15, 0.2) is 0 Å². The molecule has 0 heterocycles. The van der Waals surface area contributed by atoms with Gasteiger partial charge in [0, 0.05) is 12.8 Å². The summed E-state index contributed by atoms with van der Waals surface area (Å²) in [7, 11) is 1.43. The molecule has 3 nitrogen and oxygen atoms in total. The Hall–Kier alpha value is -1.01. The van der Waals surface area contributed by atoms with Gasteiger partial charge in [-0.25, -0.2) is 0 Å². The summed E-state index contributed by atoms with van der Waals surface area (Å²) in [4.78, 5) is 10.9. The van der Waals surface area contributed by atoms with Crippen LogP contribution in [-0.2, 0) is 9.53 Å². The SMILES string of the molecule is CCCCC[C@H](O)C#CCCCCCCCCC(=O)OC. The molecule has 0 aromatic heterocycles. The number of esters is 1. The van der Waals surface area contributed by atoms with Gasteiger partial charge < -0.3 is 9.84 Å². The van der Waals surface area contributed by atoms with Gasteiger partial charge in [-0.15, -0.1) is 5.92 Å². The second kappa shape index (κ2) is 15.4. The number of carbonyl (C=O) groups is 1. The van der Waals surface area contributed by atoms with Crippen molar-refractivity contribution >= 4 is 5.97 Å². The third kappa shape index (κ3) is 15.2. The predicted molar refractivity (Wildman–Crippen MR) is 86.9 cm³/mol. The minimum atomic E-state index is -0.435. The molecule has 0 aliphatic rings. The van der Waals surface area contributed by atoms with Crippen LogP contribution in [0.5, 0.6) is 0 Å². The maximum Gasteiger partial charge on any atom is 0.305 e. The lowest BCUT2D eigenvalue weighted by molar-refractivity contribution is -0.140. The van der Waals surface area contributed by atoms with E-state index in [-0.39, 0.29) is 5.97 Å². The lowest BCUT2D eigenvalue weighted by Crippen LogP contribution is -2.01. The Morgan fingerprint density at radius 2 is 1.71 bits per heavy atom. The topological polar surface area (TPSA) is 46.5 Å². The third-order valence-corrected chi connectivity index (χ3v) is 3.51. The molecule has 0 unspecified atom stereocenters. The van der Waals surface area contributed by atoms with Gasteiger partial charge in [-0.05, 0) is 25.7 Å². The van der Waals surface area contributed by atoms with Crippen molar-refractivity contribution in [2.75, 3.05) is 7.11 Å². The monoisotopic (exact) mass is 296 g/mol. The van der Waals surface area contributed by atoms with Crippen LogP contribution in [0.2, 0.25) is 0 Å². The van der Waals surface area contributed by atoms with E-state index in [1.165, 1.54) is 39.2 Å². The average Bonchev–Trinajstić information content (AvgIpc) is 2.49. The summed E-state index contributed by atoms with van der Waals surface area (Å²) in [6.07, 6.45) is 11.9. The average molecular weight is 296 g/mol. The maximum atomic E-state index is 10.9. The Kier molecular flexibility index (Phi) is 14.6. The van der Waals surface area contributed by atoms with Crippen LogP contribution in [0, 0.1) is 11.8 Å². The van der Waals surface area contributed by atoms with E-state index in [1.54, 1.807) is 0 Å². The van der Waals surface area contributed by atoms with Crippen molar-refractivity contribution in [3.63, 3.8) is 0 Å². The van der Waals surface area contributed by atoms with Gasteiger partial charge in [0.05, 0.1) is 7.11 Å². The first-order chi connectivity index (χ1) is 10.2. The number of aliphatic hydroxyl groups excluding tert-OH is 1. The van der Waals surface area contributed by atoms with Crippen LogP contribution in [0.1, 0.15) is 84.0 Å². The number of methoxy groups -OCH3 is 1. The highest BCUT2D eigenvalue weighted by Gasteiger charge is 1.99. The number of ether oxygens (including phenoxy) is 1. The number of hydrogen-bond donors (Lipinski definition) is 1. The van der Waals surface area contributed by atoms with E-state index in [0.717, 1.165) is 38.5 Å². The van der Waals surface area contributed by atoms with Crippen molar-refractivity contribution in [3.8, 4) is 11.8 Å². The van der Waals surface area contributed by atoms with Crippen molar-refractivity contribution < 1.29 is 14.6 Å². The Labute approximate surface area is 130 Å². The number of unbranched alkanes of at least 4 members (excludes halogenated alkanes) is 8. The zero-order chi connectivity index (χ0) is 15.8. The van der Waals surface area contributed by atoms with E-state index in [9.17, 15) is 9.90 Å². The fourth-order valence-corrected chi connectivity index (χ4v) is 2.14. The highest BCUT2D eigenvalue weighted by atomic mass is 16.5. The number of hydrogen-bond acceptors (Lipinski definition) is 3. The Balaban J connectivity index is 3.30. The van der Waals surface area contributed by atoms with Gasteiger partial charge in [0.25, 0.3) is 0 Å². The fourth-order valence-electron chi connectivity index (χ4n) is 2.14. The van der Waals surface area contributed by atoms with Gasteiger partial charge in [0.1, 0.15) is 6.10 Å². The standard InChI is InChI=1S/C18H32O3/c1-3-4-11-14-17(19)15-12-9-7-5-6-8-10-13-16-18(20)21-2/h17,19H,3-11,13-14,16H2,1-2H3/t17-/m0/s1. The van der Waals surface area contributed by atoms with Gasteiger partial charge in [-0.3, -0.25) is 4.79 Å². The second-order valence-electron chi connectivity index (χ2n) is 5.53. The molecule has 1 N–H and O–H groups in total. The predicted octanol–water partition coefficient (Wildman–Crippen LogP) is 4.22. The van der Waals surface area contributed by atoms with Crippen LogP contribution in [0.3, 0.4) is 0 Å². The van der Waals surface area contributed by atoms with E-state index in [0.29, 0.717) is 6.42 Å². The molecule has 0 rings (SSSR count). The van der Waals surface area contributed by atoms with Crippen molar-refractivity contribution in [1.29, 1.82) is 0 Å². The Morgan fingerprint density at radius 3 is 2.38 bits per heavy atom. The normalized spacial score (nSPS) is 11.6. The first kappa shape index (κ1) is 20.0. The molecule has 0 saturated heterocycles. The molecule has 122 valence electrons. The van der Waals surface area contributed by atoms with Gasteiger partial charge in [-0.2, -0.15) is 0 Å². The minimum Gasteiger partial charge on any atom is -0.469 e. The van der Waals surface area contributed by atoms with Gasteiger partial charge in [-0.1, -0.05) is 51.4 Å². The summed E-state index contributed by atoms with van der Waals surface area (Å²) in [6, 6.07) is 0. The summed E-state index contributed by atoms with van der Waals surface area (Å²) in [5.74, 6) is 5.89. The number of carbonyl (C=O) groups excluding carboxylic acids is 1. The van der Waals surface area contributed by atoms with Crippen molar-refractivity contribution in [1.82, 2.24) is 0 Å². The molecular formula is C18H32O3. The molecule has 0 saturated carbocycles. The molecular weight excluding hydrogens is 264 g/mol. The van der Waals surface area contributed by atoms with Crippen LogP contribution in [0.25, 0.3) is 0 Å². The summed E-state index contributed by atoms with van der Waals surface area (Å²) >= 11 is 0. The molecule has 0 bridgehead atoms. The van der Waals surface area contributed by atoms with E-state index < -0.39 is 6.10 Å². The highest BCUT2D eigenvalue weighted by molar-refractivity contribution is 5.68. The molecule has 0 fully saturated rings. The summed E-state index contributed by atoms with van der Waals surface area (Å²) < 4.78 is 4.60. The van der Waals surface area contributed by atoms with E-state index in [2.05, 4.69) is 23.5 Å². The van der Waals surface area contributed by atoms with E-state index in [1.807, 2.05) is 0 Å². The van der Waals surface area contributed by atoms with Crippen molar-refractivity contribution in [3.05, 3.63) is 0 Å². The van der Waals surface area contributed by atoms with Gasteiger partial charge in [0.2, 0.25) is 0 Å². The summed E-state index contributed by atoms with van der Waals surface area (Å²) in [6.45, 7) is 2.16. The Morgan fingerprint density at radius 1 is 1.05 bits per heavy atom. The van der Waals surface area contributed by atoms with E-state index in [4.69, 9.17) is 0 Å². The quantitative estimate of drug-likeness (QED) is 0.333. The fraction of sp³-hybridized carbons (Fsp3) is 0.833. The van der Waals surface area contributed by atoms with Crippen LogP contribution >= 0.6 is 0 Å². The van der Waals surface area contributed by atoms with Crippen molar-refractivity contribution in [2.45, 2.75) is 90.1 Å². The Bertz CT molecular complexity index is 301. The first-order valence-corrected chi connectivity index (χ1v) is 8.44. The number of rotatable bonds is 12. The molecule has 0 aliphatic heterocycles. The molecule has 0 amide bonds. The number of aliphatic hydroxyl groups is 1. The largest absolute Gasteiger partial charge is 0.469 e. The zero-order valence-electron chi connectivity index (χ0n) is 13.8. The lowest BCUT2D eigenvalue weighted by Gasteiger charge is -2.01. The lowest BCUT2D eigenvalue weighted by atomic mass is 10.1. The van der Waals surface area contributed by atoms with Gasteiger partial charge in [0.15, 0.2) is 0 Å². The summed E-state index contributed by atoms with van der Waals surface area (Å²) in [5, 5.41) is 9.63. The molecule has 0 spiro atoms. The maximum absolute atomic E-state index is 10.9. The summed E-state index contributed by atoms with van der Waals surface area (Å²) in [5.41, 5.74) is 0. The second-order valence-corrected chi connectivity index (χ2v) is 5.53. The molecule has 0 aliphatic carbocycles. The van der Waals surface area contributed by atoms with Crippen LogP contribution in [-0.4, -0.2) is 24.3 Å². The zero-order valence-corrected chi connectivity index (χ0v) is 13.8. The van der Waals surface area contributed by atoms with Crippen LogP contribution < -0.4 is 0 Å². The molecule has 1 atom stereocenters. The first-order valence-electron chi connectivity index (χ1n) is 8.44. The molecule has 3 heteroatoms. The van der Waals surface area contributed by atoms with Crippen molar-refractivity contribution in [2.24, 2.45) is 0 Å². The van der Waals surface area contributed by atoms with Crippen LogP contribution in [0.4, 0.5) is 0 Å². The molecule has 0 aromatic carbocycles. The van der Waals surface area contributed by atoms with Gasteiger partial charge >= 0.3 is 5.97 Å². The molecule has 21 heavy (non-hydrogen) atoms. The highest BCUT2D eigenvalue weighted by Crippen LogP contribution is 2.09. The molecule has 0 radical (unpaired) electrons. The third-order valence-electron chi connectivity index (χ3n) is 3.51. The molecule has 0 aromatic rings. The minimum absolute atomic E-state index is 0.109. The van der Waals surface area contributed by atoms with E-state index >= 15 is 0 Å².